The largest absolute Gasteiger partial charge is 0.175 e. The molecule has 2 aliphatic rings. The summed E-state index contributed by atoms with van der Waals surface area (Å²) >= 11 is 1.55. The summed E-state index contributed by atoms with van der Waals surface area (Å²) in [4.78, 5) is 0. The zero-order chi connectivity index (χ0) is 17.3. The fourth-order valence-corrected chi connectivity index (χ4v) is 3.50. The fourth-order valence-electron chi connectivity index (χ4n) is 3.50. The number of fused-ring (bicyclic) bond motifs is 3. The van der Waals surface area contributed by atoms with E-state index in [9.17, 15) is 0 Å². The Balaban J connectivity index is 0.000000383. The summed E-state index contributed by atoms with van der Waals surface area (Å²) in [7, 11) is 0. The Morgan fingerprint density at radius 1 is 1.04 bits per heavy atom. The van der Waals surface area contributed by atoms with Gasteiger partial charge in [0, 0.05) is 0 Å². The van der Waals surface area contributed by atoms with Crippen LogP contribution in [0.4, 0.5) is 0 Å². The van der Waals surface area contributed by atoms with Crippen molar-refractivity contribution in [2.24, 2.45) is 0 Å². The summed E-state index contributed by atoms with van der Waals surface area (Å²) in [6.07, 6.45) is 9.81. The molecule has 0 saturated heterocycles. The van der Waals surface area contributed by atoms with Crippen LogP contribution in [0.2, 0.25) is 0 Å². The van der Waals surface area contributed by atoms with E-state index in [0.717, 1.165) is 6.42 Å². The molecule has 0 fully saturated rings. The zero-order valence-corrected chi connectivity index (χ0v) is 17.4. The van der Waals surface area contributed by atoms with Crippen LogP contribution in [0.5, 0.6) is 0 Å². The van der Waals surface area contributed by atoms with Crippen molar-refractivity contribution in [3.63, 3.8) is 0 Å². The molecule has 2 aromatic rings. The molecular formula is C23H23Zr-. The molecule has 0 saturated carbocycles. The van der Waals surface area contributed by atoms with E-state index >= 15 is 0 Å². The molecule has 120 valence electrons. The van der Waals surface area contributed by atoms with Gasteiger partial charge in [-0.25, -0.2) is 0 Å². The maximum absolute atomic E-state index is 3.72. The predicted octanol–water partition coefficient (Wildman–Crippen LogP) is 5.63. The Labute approximate surface area is 160 Å². The average Bonchev–Trinajstić information content (AvgIpc) is 3.17. The van der Waals surface area contributed by atoms with Crippen LogP contribution in [-0.4, -0.2) is 3.21 Å². The Hall–Kier alpha value is -1.33. The molecule has 0 N–H and O–H groups in total. The molecule has 2 aromatic carbocycles. The van der Waals surface area contributed by atoms with Gasteiger partial charge in [-0.2, -0.15) is 11.6 Å². The second-order valence-corrected chi connectivity index (χ2v) is 9.23. The molecule has 2 aliphatic carbocycles. The van der Waals surface area contributed by atoms with Crippen LogP contribution >= 0.6 is 0 Å². The number of hydrogen-bond acceptors (Lipinski definition) is 0. The molecule has 0 bridgehead atoms. The molecule has 24 heavy (non-hydrogen) atoms. The minimum Gasteiger partial charge on any atom is -0.175 e. The van der Waals surface area contributed by atoms with Gasteiger partial charge < -0.3 is 0 Å². The van der Waals surface area contributed by atoms with Crippen molar-refractivity contribution < 1.29 is 24.2 Å². The number of rotatable bonds is 1. The van der Waals surface area contributed by atoms with Crippen LogP contribution in [-0.2, 0) is 30.7 Å². The third-order valence-corrected chi connectivity index (χ3v) is 4.66. The molecule has 0 amide bonds. The van der Waals surface area contributed by atoms with Gasteiger partial charge in [0.05, 0.1) is 0 Å². The second kappa shape index (κ2) is 7.28. The van der Waals surface area contributed by atoms with E-state index in [1.165, 1.54) is 42.2 Å². The molecule has 1 heteroatoms. The van der Waals surface area contributed by atoms with E-state index in [1.807, 2.05) is 0 Å². The summed E-state index contributed by atoms with van der Waals surface area (Å²) in [6.45, 7) is 8.75. The SMILES string of the molecule is C[C](C)=[Zr].Cc1c(C2C=CC=C2)[c-]c2c(c1C)-c1ccccc1C2. The molecule has 0 spiro atoms. The smallest absolute Gasteiger partial charge is 0.00191 e. The first-order valence-electron chi connectivity index (χ1n) is 8.49. The van der Waals surface area contributed by atoms with Crippen molar-refractivity contribution in [1.29, 1.82) is 0 Å². The van der Waals surface area contributed by atoms with Gasteiger partial charge in [0.15, 0.2) is 0 Å². The first-order valence-corrected chi connectivity index (χ1v) is 9.72. The molecular weight excluding hydrogens is 367 g/mol. The summed E-state index contributed by atoms with van der Waals surface area (Å²) in [5.41, 5.74) is 9.80. The second-order valence-electron chi connectivity index (χ2n) is 6.77. The molecule has 0 unspecified atom stereocenters. The Bertz CT molecular complexity index is 837. The van der Waals surface area contributed by atoms with Crippen LogP contribution in [0.15, 0.2) is 48.6 Å². The fraction of sp³-hybridized carbons (Fsp3) is 0.261. The first-order chi connectivity index (χ1) is 11.5. The molecule has 0 atom stereocenters. The van der Waals surface area contributed by atoms with Gasteiger partial charge >= 0.3 is 41.3 Å². The normalized spacial score (nSPS) is 14.1. The summed E-state index contributed by atoms with van der Waals surface area (Å²) in [6, 6.07) is 12.5. The van der Waals surface area contributed by atoms with Crippen LogP contribution in [0.1, 0.15) is 47.6 Å². The van der Waals surface area contributed by atoms with Crippen molar-refractivity contribution >= 4 is 3.21 Å². The van der Waals surface area contributed by atoms with Gasteiger partial charge in [0.1, 0.15) is 0 Å². The maximum atomic E-state index is 3.72. The van der Waals surface area contributed by atoms with E-state index in [4.69, 9.17) is 0 Å². The number of allylic oxidation sites excluding steroid dienone is 4. The maximum Gasteiger partial charge on any atom is -0.00191 e. The van der Waals surface area contributed by atoms with E-state index in [1.54, 1.807) is 24.2 Å². The Morgan fingerprint density at radius 3 is 2.33 bits per heavy atom. The monoisotopic (exact) mass is 389 g/mol. The van der Waals surface area contributed by atoms with Gasteiger partial charge in [0.2, 0.25) is 0 Å². The topological polar surface area (TPSA) is 0 Å². The van der Waals surface area contributed by atoms with Gasteiger partial charge in [-0.1, -0.05) is 73.5 Å². The van der Waals surface area contributed by atoms with Gasteiger partial charge in [0.25, 0.3) is 0 Å². The third-order valence-electron chi connectivity index (χ3n) is 4.66. The van der Waals surface area contributed by atoms with E-state index in [0.29, 0.717) is 5.92 Å². The Kier molecular flexibility index (Phi) is 5.31. The Morgan fingerprint density at radius 2 is 1.67 bits per heavy atom. The number of hydrogen-bond donors (Lipinski definition) is 0. The van der Waals surface area contributed by atoms with Crippen LogP contribution in [0.3, 0.4) is 0 Å². The van der Waals surface area contributed by atoms with Gasteiger partial charge in [-0.3, -0.25) is 0 Å². The van der Waals surface area contributed by atoms with Crippen LogP contribution in [0.25, 0.3) is 11.1 Å². The van der Waals surface area contributed by atoms with Crippen molar-refractivity contribution in [3.05, 3.63) is 82.5 Å². The van der Waals surface area contributed by atoms with Crippen LogP contribution in [0, 0.1) is 19.9 Å². The molecule has 0 heterocycles. The van der Waals surface area contributed by atoms with Crippen molar-refractivity contribution in [3.8, 4) is 11.1 Å². The van der Waals surface area contributed by atoms with Crippen molar-refractivity contribution in [2.45, 2.75) is 40.0 Å². The van der Waals surface area contributed by atoms with Crippen molar-refractivity contribution in [2.75, 3.05) is 0 Å². The summed E-state index contributed by atoms with van der Waals surface area (Å²) < 4.78 is 1.51. The number of benzene rings is 2. The molecule has 0 aliphatic heterocycles. The summed E-state index contributed by atoms with van der Waals surface area (Å²) in [5, 5.41) is 0. The first kappa shape index (κ1) is 17.5. The van der Waals surface area contributed by atoms with Gasteiger partial charge in [-0.15, -0.1) is 22.3 Å². The third kappa shape index (κ3) is 3.38. The van der Waals surface area contributed by atoms with E-state index in [-0.39, 0.29) is 0 Å². The van der Waals surface area contributed by atoms with Crippen LogP contribution < -0.4 is 0 Å². The minimum atomic E-state index is 0.405. The van der Waals surface area contributed by atoms with E-state index in [2.05, 4.69) is 82.3 Å². The molecule has 0 nitrogen and oxygen atoms in total. The zero-order valence-electron chi connectivity index (χ0n) is 14.9. The average molecular weight is 391 g/mol. The van der Waals surface area contributed by atoms with Crippen molar-refractivity contribution in [1.82, 2.24) is 0 Å². The minimum absolute atomic E-state index is 0.405. The van der Waals surface area contributed by atoms with E-state index < -0.39 is 0 Å². The molecule has 4 rings (SSSR count). The molecule has 0 aromatic heterocycles. The summed E-state index contributed by atoms with van der Waals surface area (Å²) in [5.74, 6) is 0.405. The quantitative estimate of drug-likeness (QED) is 0.472. The van der Waals surface area contributed by atoms with Gasteiger partial charge in [-0.05, 0) is 12.3 Å². The standard InChI is InChI=1S/C20H17.C3H6.Zr/c1-13-14(2)20-17(11-16-9-5-6-10-18(16)20)12-19(13)15-7-3-4-8-15;1-3-2;/h3-10,15H,11H2,1-2H3;1-2H3;/q-1;;. The predicted molar refractivity (Wildman–Crippen MR) is 100 cm³/mol. The molecule has 0 radical (unpaired) electrons.